The fraction of sp³-hybridized carbons (Fsp3) is 0.467. The lowest BCUT2D eigenvalue weighted by molar-refractivity contribution is -0.137. The average Bonchev–Trinajstić information content (AvgIpc) is 3.34. The Hall–Kier alpha value is -2.13. The first-order chi connectivity index (χ1) is 11.4. The molecule has 2 amide bonds. The van der Waals surface area contributed by atoms with Crippen molar-refractivity contribution in [2.75, 3.05) is 18.4 Å². The zero-order valence-electron chi connectivity index (χ0n) is 13.1. The maximum atomic E-state index is 12.1. The zero-order chi connectivity index (χ0) is 17.6. The third kappa shape index (κ3) is 6.17. The molecule has 1 aromatic carbocycles. The predicted molar refractivity (Wildman–Crippen MR) is 88.2 cm³/mol. The molecule has 0 aromatic heterocycles. The summed E-state index contributed by atoms with van der Waals surface area (Å²) in [6.07, 6.45) is 2.45. The highest BCUT2D eigenvalue weighted by molar-refractivity contribution is 7.89. The third-order valence-electron chi connectivity index (χ3n) is 3.53. The van der Waals surface area contributed by atoms with Crippen LogP contribution in [-0.4, -0.2) is 38.6 Å². The lowest BCUT2D eigenvalue weighted by Crippen LogP contribution is -2.29. The van der Waals surface area contributed by atoms with Crippen molar-refractivity contribution in [3.63, 3.8) is 0 Å². The Labute approximate surface area is 140 Å². The van der Waals surface area contributed by atoms with Gasteiger partial charge in [-0.05, 0) is 49.4 Å². The molecule has 1 aliphatic carbocycles. The summed E-state index contributed by atoms with van der Waals surface area (Å²) in [4.78, 5) is 22.1. The number of hydrogen-bond acceptors (Lipinski definition) is 4. The summed E-state index contributed by atoms with van der Waals surface area (Å²) in [5.74, 6) is -0.463. The van der Waals surface area contributed by atoms with Crippen LogP contribution >= 0.6 is 0 Å². The van der Waals surface area contributed by atoms with Crippen LogP contribution in [0.15, 0.2) is 29.2 Å². The molecule has 9 heteroatoms. The van der Waals surface area contributed by atoms with E-state index in [4.69, 9.17) is 5.11 Å². The second-order valence-corrected chi connectivity index (χ2v) is 7.46. The SMILES string of the molecule is O=C(O)CCCNC(=O)Nc1ccc(S(=O)(=O)NCC2CC2)cc1. The van der Waals surface area contributed by atoms with Gasteiger partial charge in [0, 0.05) is 25.2 Å². The summed E-state index contributed by atoms with van der Waals surface area (Å²) in [5.41, 5.74) is 0.451. The van der Waals surface area contributed by atoms with E-state index in [1.54, 1.807) is 0 Å². The van der Waals surface area contributed by atoms with Crippen LogP contribution in [0, 0.1) is 5.92 Å². The third-order valence-corrected chi connectivity index (χ3v) is 4.97. The lowest BCUT2D eigenvalue weighted by atomic mass is 10.3. The summed E-state index contributed by atoms with van der Waals surface area (Å²) in [7, 11) is -3.52. The highest BCUT2D eigenvalue weighted by Gasteiger charge is 2.24. The Morgan fingerprint density at radius 1 is 1.17 bits per heavy atom. The Morgan fingerprint density at radius 3 is 2.42 bits per heavy atom. The molecule has 4 N–H and O–H groups in total. The van der Waals surface area contributed by atoms with Crippen LogP contribution in [0.2, 0.25) is 0 Å². The number of carbonyl (C=O) groups excluding carboxylic acids is 1. The van der Waals surface area contributed by atoms with E-state index in [1.165, 1.54) is 24.3 Å². The number of benzene rings is 1. The number of nitrogens with one attached hydrogen (secondary N) is 3. The van der Waals surface area contributed by atoms with E-state index in [9.17, 15) is 18.0 Å². The van der Waals surface area contributed by atoms with Crippen molar-refractivity contribution in [3.8, 4) is 0 Å². The van der Waals surface area contributed by atoms with E-state index >= 15 is 0 Å². The van der Waals surface area contributed by atoms with Crippen LogP contribution < -0.4 is 15.4 Å². The molecule has 0 aliphatic heterocycles. The number of urea groups is 1. The van der Waals surface area contributed by atoms with Gasteiger partial charge in [0.2, 0.25) is 10.0 Å². The highest BCUT2D eigenvalue weighted by Crippen LogP contribution is 2.28. The van der Waals surface area contributed by atoms with Gasteiger partial charge >= 0.3 is 12.0 Å². The number of sulfonamides is 1. The Bertz CT molecular complexity index is 684. The summed E-state index contributed by atoms with van der Waals surface area (Å²) in [5, 5.41) is 13.6. The molecule has 0 unspecified atom stereocenters. The normalized spacial score (nSPS) is 14.2. The standard InChI is InChI=1S/C15H21N3O5S/c19-14(20)2-1-9-16-15(21)18-12-5-7-13(8-6-12)24(22,23)17-10-11-3-4-11/h5-8,11,17H,1-4,9-10H2,(H,19,20)(H2,16,18,21). The Morgan fingerprint density at radius 2 is 1.83 bits per heavy atom. The first-order valence-electron chi connectivity index (χ1n) is 7.73. The van der Waals surface area contributed by atoms with Crippen molar-refractivity contribution < 1.29 is 23.1 Å². The molecule has 8 nitrogen and oxygen atoms in total. The number of aliphatic carboxylic acids is 1. The molecule has 0 saturated heterocycles. The van der Waals surface area contributed by atoms with E-state index < -0.39 is 22.0 Å². The number of carbonyl (C=O) groups is 2. The second-order valence-electron chi connectivity index (χ2n) is 5.70. The van der Waals surface area contributed by atoms with Crippen molar-refractivity contribution >= 4 is 27.7 Å². The van der Waals surface area contributed by atoms with Gasteiger partial charge in [-0.1, -0.05) is 0 Å². The minimum absolute atomic E-state index is 0.0132. The molecule has 0 heterocycles. The molecule has 0 spiro atoms. The largest absolute Gasteiger partial charge is 0.481 e. The summed E-state index contributed by atoms with van der Waals surface area (Å²) >= 11 is 0. The Kier molecular flexibility index (Phi) is 6.16. The van der Waals surface area contributed by atoms with Crippen molar-refractivity contribution in [1.82, 2.24) is 10.0 Å². The maximum Gasteiger partial charge on any atom is 0.319 e. The van der Waals surface area contributed by atoms with Gasteiger partial charge in [-0.2, -0.15) is 0 Å². The smallest absolute Gasteiger partial charge is 0.319 e. The van der Waals surface area contributed by atoms with Crippen LogP contribution in [0.1, 0.15) is 25.7 Å². The number of amides is 2. The number of anilines is 1. The van der Waals surface area contributed by atoms with Crippen LogP contribution in [0.3, 0.4) is 0 Å². The van der Waals surface area contributed by atoms with Gasteiger partial charge in [0.15, 0.2) is 0 Å². The predicted octanol–water partition coefficient (Wildman–Crippen LogP) is 1.36. The van der Waals surface area contributed by atoms with Gasteiger partial charge in [-0.15, -0.1) is 0 Å². The molecule has 0 radical (unpaired) electrons. The molecular weight excluding hydrogens is 334 g/mol. The number of hydrogen-bond donors (Lipinski definition) is 4. The van der Waals surface area contributed by atoms with Crippen LogP contribution in [-0.2, 0) is 14.8 Å². The summed E-state index contributed by atoms with van der Waals surface area (Å²) in [6, 6.07) is 5.39. The lowest BCUT2D eigenvalue weighted by Gasteiger charge is -2.09. The van der Waals surface area contributed by atoms with E-state index in [1.807, 2.05) is 0 Å². The number of rotatable bonds is 9. The molecule has 24 heavy (non-hydrogen) atoms. The van der Waals surface area contributed by atoms with E-state index in [0.717, 1.165) is 12.8 Å². The quantitative estimate of drug-likeness (QED) is 0.498. The van der Waals surface area contributed by atoms with Crippen molar-refractivity contribution in [2.45, 2.75) is 30.6 Å². The van der Waals surface area contributed by atoms with E-state index in [2.05, 4.69) is 15.4 Å². The molecule has 0 bridgehead atoms. The van der Waals surface area contributed by atoms with Crippen molar-refractivity contribution in [1.29, 1.82) is 0 Å². The van der Waals surface area contributed by atoms with Gasteiger partial charge < -0.3 is 15.7 Å². The fourth-order valence-corrected chi connectivity index (χ4v) is 3.08. The minimum Gasteiger partial charge on any atom is -0.481 e. The van der Waals surface area contributed by atoms with Gasteiger partial charge in [-0.3, -0.25) is 4.79 Å². The molecule has 1 aromatic rings. The van der Waals surface area contributed by atoms with E-state index in [-0.39, 0.29) is 17.9 Å². The summed E-state index contributed by atoms with van der Waals surface area (Å²) < 4.78 is 26.7. The molecule has 2 rings (SSSR count). The van der Waals surface area contributed by atoms with Gasteiger partial charge in [0.25, 0.3) is 0 Å². The molecule has 1 saturated carbocycles. The van der Waals surface area contributed by atoms with Crippen LogP contribution in [0.5, 0.6) is 0 Å². The zero-order valence-corrected chi connectivity index (χ0v) is 13.9. The Balaban J connectivity index is 1.80. The monoisotopic (exact) mass is 355 g/mol. The maximum absolute atomic E-state index is 12.1. The summed E-state index contributed by atoms with van der Waals surface area (Å²) in [6.45, 7) is 0.705. The topological polar surface area (TPSA) is 125 Å². The molecule has 1 aliphatic rings. The molecular formula is C15H21N3O5S. The number of carboxylic acids is 1. The average molecular weight is 355 g/mol. The fourth-order valence-electron chi connectivity index (χ4n) is 1.97. The van der Waals surface area contributed by atoms with Crippen molar-refractivity contribution in [2.24, 2.45) is 5.92 Å². The van der Waals surface area contributed by atoms with E-state index in [0.29, 0.717) is 24.6 Å². The highest BCUT2D eigenvalue weighted by atomic mass is 32.2. The van der Waals surface area contributed by atoms with Gasteiger partial charge in [0.1, 0.15) is 0 Å². The van der Waals surface area contributed by atoms with Crippen molar-refractivity contribution in [3.05, 3.63) is 24.3 Å². The minimum atomic E-state index is -3.52. The van der Waals surface area contributed by atoms with Gasteiger partial charge in [0.05, 0.1) is 4.90 Å². The second kappa shape index (κ2) is 8.11. The first-order valence-corrected chi connectivity index (χ1v) is 9.21. The molecule has 132 valence electrons. The molecule has 0 atom stereocenters. The molecule has 1 fully saturated rings. The van der Waals surface area contributed by atoms with Crippen LogP contribution in [0.25, 0.3) is 0 Å². The first kappa shape index (κ1) is 18.2. The van der Waals surface area contributed by atoms with Crippen LogP contribution in [0.4, 0.5) is 10.5 Å². The number of carboxylic acid groups (broad SMARTS) is 1. The van der Waals surface area contributed by atoms with Gasteiger partial charge in [-0.25, -0.2) is 17.9 Å².